The van der Waals surface area contributed by atoms with Crippen LogP contribution in [0.15, 0.2) is 29.3 Å². The first-order valence-corrected chi connectivity index (χ1v) is 8.44. The van der Waals surface area contributed by atoms with Crippen molar-refractivity contribution < 1.29 is 0 Å². The van der Waals surface area contributed by atoms with Gasteiger partial charge in [0.05, 0.1) is 6.54 Å². The fourth-order valence-electron chi connectivity index (χ4n) is 2.22. The molecule has 0 saturated carbocycles. The van der Waals surface area contributed by atoms with Crippen molar-refractivity contribution in [3.05, 3.63) is 35.4 Å². The van der Waals surface area contributed by atoms with E-state index in [1.807, 2.05) is 0 Å². The Balaban J connectivity index is 2.62. The van der Waals surface area contributed by atoms with Crippen LogP contribution in [0.4, 0.5) is 0 Å². The number of guanidine groups is 1. The highest BCUT2D eigenvalue weighted by atomic mass is 15.2. The van der Waals surface area contributed by atoms with Crippen molar-refractivity contribution in [2.24, 2.45) is 4.99 Å². The van der Waals surface area contributed by atoms with Gasteiger partial charge in [-0.25, -0.2) is 4.99 Å². The molecule has 0 spiro atoms. The van der Waals surface area contributed by atoms with Gasteiger partial charge >= 0.3 is 0 Å². The summed E-state index contributed by atoms with van der Waals surface area (Å²) in [6, 6.07) is 9.18. The fourth-order valence-corrected chi connectivity index (χ4v) is 2.22. The smallest absolute Gasteiger partial charge is 0.191 e. The predicted octanol–water partition coefficient (Wildman–Crippen LogP) is 2.99. The Morgan fingerprint density at radius 1 is 1.05 bits per heavy atom. The van der Waals surface area contributed by atoms with Crippen molar-refractivity contribution in [2.75, 3.05) is 19.6 Å². The number of hydrogen-bond donors (Lipinski definition) is 2. The molecular formula is C18H32N4. The molecule has 0 aliphatic rings. The summed E-state index contributed by atoms with van der Waals surface area (Å²) < 4.78 is 0. The minimum Gasteiger partial charge on any atom is -0.357 e. The molecule has 0 radical (unpaired) electrons. The first-order chi connectivity index (χ1) is 10.6. The molecule has 0 saturated heterocycles. The van der Waals surface area contributed by atoms with Gasteiger partial charge in [-0.2, -0.15) is 0 Å². The molecule has 0 aromatic heterocycles. The molecule has 0 bridgehead atoms. The van der Waals surface area contributed by atoms with E-state index in [-0.39, 0.29) is 0 Å². The van der Waals surface area contributed by atoms with Crippen molar-refractivity contribution in [3.63, 3.8) is 0 Å². The van der Waals surface area contributed by atoms with Crippen molar-refractivity contribution in [2.45, 2.75) is 53.8 Å². The van der Waals surface area contributed by atoms with E-state index in [2.05, 4.69) is 79.4 Å². The molecule has 4 nitrogen and oxygen atoms in total. The zero-order valence-corrected chi connectivity index (χ0v) is 14.8. The maximum atomic E-state index is 4.63. The first-order valence-electron chi connectivity index (χ1n) is 8.44. The molecule has 1 rings (SSSR count). The standard InChI is InChI=1S/C18H32N4/c1-6-19-18(21-15(4)5)20-13-16-9-11-17(12-10-16)14-22(7-2)8-3/h9-12,15H,6-8,13-14H2,1-5H3,(H2,19,20,21). The lowest BCUT2D eigenvalue weighted by molar-refractivity contribution is 0.296. The molecule has 1 aromatic rings. The summed E-state index contributed by atoms with van der Waals surface area (Å²) in [5.41, 5.74) is 2.60. The lowest BCUT2D eigenvalue weighted by atomic mass is 10.1. The highest BCUT2D eigenvalue weighted by molar-refractivity contribution is 5.79. The second-order valence-corrected chi connectivity index (χ2v) is 5.77. The maximum absolute atomic E-state index is 4.63. The molecule has 0 unspecified atom stereocenters. The van der Waals surface area contributed by atoms with Crippen LogP contribution < -0.4 is 10.6 Å². The molecule has 0 heterocycles. The molecule has 2 N–H and O–H groups in total. The molecular weight excluding hydrogens is 272 g/mol. The van der Waals surface area contributed by atoms with E-state index in [0.717, 1.165) is 32.1 Å². The summed E-state index contributed by atoms with van der Waals surface area (Å²) in [5, 5.41) is 6.61. The van der Waals surface area contributed by atoms with Gasteiger partial charge < -0.3 is 10.6 Å². The van der Waals surface area contributed by atoms with Crippen LogP contribution in [0, 0.1) is 0 Å². The Morgan fingerprint density at radius 3 is 2.14 bits per heavy atom. The Labute approximate surface area is 136 Å². The second-order valence-electron chi connectivity index (χ2n) is 5.77. The number of nitrogens with zero attached hydrogens (tertiary/aromatic N) is 2. The summed E-state index contributed by atoms with van der Waals surface area (Å²) in [7, 11) is 0. The first kappa shape index (κ1) is 18.5. The van der Waals surface area contributed by atoms with Gasteiger partial charge in [0, 0.05) is 19.1 Å². The quantitative estimate of drug-likeness (QED) is 0.573. The molecule has 0 aliphatic heterocycles. The number of aliphatic imine (C=N–C) groups is 1. The van der Waals surface area contributed by atoms with Crippen molar-refractivity contribution in [1.82, 2.24) is 15.5 Å². The highest BCUT2D eigenvalue weighted by Gasteiger charge is 2.02. The number of benzene rings is 1. The molecule has 124 valence electrons. The average Bonchev–Trinajstić information content (AvgIpc) is 2.51. The third kappa shape index (κ3) is 6.94. The Morgan fingerprint density at radius 2 is 1.64 bits per heavy atom. The highest BCUT2D eigenvalue weighted by Crippen LogP contribution is 2.08. The van der Waals surface area contributed by atoms with E-state index in [0.29, 0.717) is 12.6 Å². The van der Waals surface area contributed by atoms with Gasteiger partial charge in [0.2, 0.25) is 0 Å². The summed E-state index contributed by atoms with van der Waals surface area (Å²) in [5.74, 6) is 0.879. The second kappa shape index (κ2) is 10.2. The third-order valence-corrected chi connectivity index (χ3v) is 3.51. The number of nitrogens with one attached hydrogen (secondary N) is 2. The SMILES string of the molecule is CCNC(=NCc1ccc(CN(CC)CC)cc1)NC(C)C. The summed E-state index contributed by atoms with van der Waals surface area (Å²) in [4.78, 5) is 7.05. The van der Waals surface area contributed by atoms with Crippen LogP contribution in [0.3, 0.4) is 0 Å². The topological polar surface area (TPSA) is 39.7 Å². The third-order valence-electron chi connectivity index (χ3n) is 3.51. The van der Waals surface area contributed by atoms with Gasteiger partial charge in [-0.15, -0.1) is 0 Å². The minimum atomic E-state index is 0.384. The van der Waals surface area contributed by atoms with Crippen molar-refractivity contribution in [3.8, 4) is 0 Å². The van der Waals surface area contributed by atoms with E-state index in [1.165, 1.54) is 11.1 Å². The average molecular weight is 304 g/mol. The Kier molecular flexibility index (Phi) is 8.60. The van der Waals surface area contributed by atoms with Crippen LogP contribution >= 0.6 is 0 Å². The molecule has 0 fully saturated rings. The van der Waals surface area contributed by atoms with Crippen LogP contribution in [0.1, 0.15) is 45.7 Å². The zero-order chi connectivity index (χ0) is 16.4. The van der Waals surface area contributed by atoms with Crippen molar-refractivity contribution >= 4 is 5.96 Å². The van der Waals surface area contributed by atoms with Crippen LogP contribution in [-0.4, -0.2) is 36.5 Å². The van der Waals surface area contributed by atoms with E-state index in [1.54, 1.807) is 0 Å². The monoisotopic (exact) mass is 304 g/mol. The molecule has 4 heteroatoms. The van der Waals surface area contributed by atoms with Gasteiger partial charge in [-0.3, -0.25) is 4.90 Å². The van der Waals surface area contributed by atoms with Gasteiger partial charge in [0.25, 0.3) is 0 Å². The summed E-state index contributed by atoms with van der Waals surface area (Å²) >= 11 is 0. The molecule has 0 atom stereocenters. The van der Waals surface area contributed by atoms with E-state index >= 15 is 0 Å². The van der Waals surface area contributed by atoms with Crippen LogP contribution in [-0.2, 0) is 13.1 Å². The van der Waals surface area contributed by atoms with Crippen LogP contribution in [0.25, 0.3) is 0 Å². The zero-order valence-electron chi connectivity index (χ0n) is 14.8. The normalized spacial score (nSPS) is 12.0. The van der Waals surface area contributed by atoms with Gasteiger partial charge in [-0.05, 0) is 45.0 Å². The Bertz CT molecular complexity index is 433. The van der Waals surface area contributed by atoms with E-state index in [4.69, 9.17) is 0 Å². The van der Waals surface area contributed by atoms with Crippen molar-refractivity contribution in [1.29, 1.82) is 0 Å². The Hall–Kier alpha value is -1.55. The van der Waals surface area contributed by atoms with Gasteiger partial charge in [-0.1, -0.05) is 38.1 Å². The molecule has 22 heavy (non-hydrogen) atoms. The van der Waals surface area contributed by atoms with E-state index < -0.39 is 0 Å². The predicted molar refractivity (Wildman–Crippen MR) is 96.2 cm³/mol. The fraction of sp³-hybridized carbons (Fsp3) is 0.611. The lowest BCUT2D eigenvalue weighted by Crippen LogP contribution is -2.40. The van der Waals surface area contributed by atoms with Gasteiger partial charge in [0.1, 0.15) is 0 Å². The molecule has 0 amide bonds. The number of hydrogen-bond acceptors (Lipinski definition) is 2. The lowest BCUT2D eigenvalue weighted by Gasteiger charge is -2.18. The molecule has 0 aliphatic carbocycles. The van der Waals surface area contributed by atoms with E-state index in [9.17, 15) is 0 Å². The number of rotatable bonds is 8. The van der Waals surface area contributed by atoms with Gasteiger partial charge in [0.15, 0.2) is 5.96 Å². The summed E-state index contributed by atoms with van der Waals surface area (Å²) in [6.07, 6.45) is 0. The maximum Gasteiger partial charge on any atom is 0.191 e. The van der Waals surface area contributed by atoms with Crippen LogP contribution in [0.2, 0.25) is 0 Å². The summed E-state index contributed by atoms with van der Waals surface area (Å²) in [6.45, 7) is 15.5. The van der Waals surface area contributed by atoms with Crippen LogP contribution in [0.5, 0.6) is 0 Å². The molecule has 1 aromatic carbocycles. The largest absolute Gasteiger partial charge is 0.357 e. The minimum absolute atomic E-state index is 0.384.